The zero-order valence-corrected chi connectivity index (χ0v) is 12.2. The summed E-state index contributed by atoms with van der Waals surface area (Å²) in [6.07, 6.45) is 3.17. The first-order chi connectivity index (χ1) is 9.60. The number of thiophene rings is 1. The molecular weight excluding hydrogens is 296 g/mol. The molecule has 0 radical (unpaired) electrons. The van der Waals surface area contributed by atoms with Gasteiger partial charge in [0.05, 0.1) is 21.9 Å². The molecule has 0 aliphatic rings. The third-order valence-corrected chi connectivity index (χ3v) is 3.82. The van der Waals surface area contributed by atoms with Crippen molar-refractivity contribution in [3.63, 3.8) is 0 Å². The average Bonchev–Trinajstić information content (AvgIpc) is 2.91. The van der Waals surface area contributed by atoms with Gasteiger partial charge in [-0.2, -0.15) is 0 Å². The number of carbonyl (C=O) groups excluding carboxylic acids is 2. The maximum atomic E-state index is 11.8. The summed E-state index contributed by atoms with van der Waals surface area (Å²) in [5.41, 5.74) is 1.30. The summed E-state index contributed by atoms with van der Waals surface area (Å²) < 4.78 is 5.20. The molecule has 0 unspecified atom stereocenters. The normalized spacial score (nSPS) is 10.7. The molecule has 2 aromatic rings. The van der Waals surface area contributed by atoms with Crippen molar-refractivity contribution in [1.82, 2.24) is 0 Å². The van der Waals surface area contributed by atoms with Gasteiger partial charge in [-0.25, -0.2) is 4.79 Å². The van der Waals surface area contributed by atoms with Gasteiger partial charge in [0.2, 0.25) is 0 Å². The van der Waals surface area contributed by atoms with Gasteiger partial charge in [0.25, 0.3) is 0 Å². The fourth-order valence-corrected chi connectivity index (χ4v) is 2.51. The minimum absolute atomic E-state index is 0.0982. The van der Waals surface area contributed by atoms with Crippen LogP contribution in [0.4, 0.5) is 0 Å². The second-order valence-corrected chi connectivity index (χ2v) is 5.63. The summed E-state index contributed by atoms with van der Waals surface area (Å²) in [6.45, 7) is 0. The van der Waals surface area contributed by atoms with Gasteiger partial charge < -0.3 is 4.74 Å². The highest BCUT2D eigenvalue weighted by atomic mass is 35.5. The standard InChI is InChI=1S/C15H11ClO3S/c1-19-15(18)11-5-2-10(3-6-11)4-7-12(17)13-8-9-14(16)20-13/h2-9H,1H3/b7-4+. The minimum atomic E-state index is -0.384. The molecule has 0 aliphatic heterocycles. The van der Waals surface area contributed by atoms with Gasteiger partial charge in [0.15, 0.2) is 5.78 Å². The predicted molar refractivity (Wildman–Crippen MR) is 80.5 cm³/mol. The van der Waals surface area contributed by atoms with E-state index in [4.69, 9.17) is 11.6 Å². The Kier molecular flexibility index (Phi) is 4.71. The summed E-state index contributed by atoms with van der Waals surface area (Å²) >= 11 is 7.02. The largest absolute Gasteiger partial charge is 0.465 e. The minimum Gasteiger partial charge on any atom is -0.465 e. The monoisotopic (exact) mass is 306 g/mol. The van der Waals surface area contributed by atoms with Crippen LogP contribution in [-0.4, -0.2) is 18.9 Å². The molecule has 0 saturated carbocycles. The number of ether oxygens (including phenoxy) is 1. The van der Waals surface area contributed by atoms with Crippen molar-refractivity contribution in [2.45, 2.75) is 0 Å². The lowest BCUT2D eigenvalue weighted by molar-refractivity contribution is 0.0600. The second kappa shape index (κ2) is 6.50. The number of benzene rings is 1. The molecule has 0 atom stereocenters. The number of ketones is 1. The molecule has 1 heterocycles. The van der Waals surface area contributed by atoms with Gasteiger partial charge in [-0.1, -0.05) is 29.8 Å². The molecule has 5 heteroatoms. The molecule has 0 amide bonds. The SMILES string of the molecule is COC(=O)c1ccc(/C=C/C(=O)c2ccc(Cl)s2)cc1. The Bertz CT molecular complexity index is 656. The molecule has 0 aliphatic carbocycles. The van der Waals surface area contributed by atoms with Crippen LogP contribution < -0.4 is 0 Å². The smallest absolute Gasteiger partial charge is 0.337 e. The van der Waals surface area contributed by atoms with Crippen LogP contribution in [0.2, 0.25) is 4.34 Å². The quantitative estimate of drug-likeness (QED) is 0.485. The van der Waals surface area contributed by atoms with E-state index in [-0.39, 0.29) is 11.8 Å². The Morgan fingerprint density at radius 3 is 2.40 bits per heavy atom. The fraction of sp³-hybridized carbons (Fsp3) is 0.0667. The number of hydrogen-bond acceptors (Lipinski definition) is 4. The highest BCUT2D eigenvalue weighted by Crippen LogP contribution is 2.22. The maximum Gasteiger partial charge on any atom is 0.337 e. The summed E-state index contributed by atoms with van der Waals surface area (Å²) in [6, 6.07) is 10.2. The number of esters is 1. The van der Waals surface area contributed by atoms with E-state index in [2.05, 4.69) is 4.74 Å². The first kappa shape index (κ1) is 14.5. The Hall–Kier alpha value is -1.91. The van der Waals surface area contributed by atoms with Crippen LogP contribution in [0, 0.1) is 0 Å². The predicted octanol–water partition coefficient (Wildman–Crippen LogP) is 4.08. The number of halogens is 1. The molecular formula is C15H11ClO3S. The third-order valence-electron chi connectivity index (χ3n) is 2.57. The molecule has 2 rings (SSSR count). The molecule has 102 valence electrons. The highest BCUT2D eigenvalue weighted by Gasteiger charge is 2.06. The number of rotatable bonds is 4. The van der Waals surface area contributed by atoms with E-state index in [0.29, 0.717) is 14.8 Å². The molecule has 20 heavy (non-hydrogen) atoms. The van der Waals surface area contributed by atoms with Gasteiger partial charge in [-0.15, -0.1) is 11.3 Å². The van der Waals surface area contributed by atoms with E-state index in [1.54, 1.807) is 42.5 Å². The summed E-state index contributed by atoms with van der Waals surface area (Å²) in [4.78, 5) is 23.7. The van der Waals surface area contributed by atoms with Crippen molar-refractivity contribution in [2.75, 3.05) is 7.11 Å². The van der Waals surface area contributed by atoms with Crippen molar-refractivity contribution in [2.24, 2.45) is 0 Å². The third kappa shape index (κ3) is 3.56. The van der Waals surface area contributed by atoms with E-state index in [1.165, 1.54) is 24.5 Å². The average molecular weight is 307 g/mol. The van der Waals surface area contributed by atoms with E-state index in [1.807, 2.05) is 0 Å². The van der Waals surface area contributed by atoms with Crippen molar-refractivity contribution < 1.29 is 14.3 Å². The van der Waals surface area contributed by atoms with Gasteiger partial charge in [0.1, 0.15) is 0 Å². The number of methoxy groups -OCH3 is 1. The van der Waals surface area contributed by atoms with Gasteiger partial charge in [-0.05, 0) is 35.9 Å². The zero-order valence-electron chi connectivity index (χ0n) is 10.6. The molecule has 1 aromatic heterocycles. The molecule has 0 N–H and O–H groups in total. The van der Waals surface area contributed by atoms with Crippen LogP contribution in [0.15, 0.2) is 42.5 Å². The zero-order chi connectivity index (χ0) is 14.5. The summed E-state index contributed by atoms with van der Waals surface area (Å²) in [5.74, 6) is -0.483. The fourth-order valence-electron chi connectivity index (χ4n) is 1.55. The molecule has 0 bridgehead atoms. The Morgan fingerprint density at radius 2 is 1.85 bits per heavy atom. The topological polar surface area (TPSA) is 43.4 Å². The van der Waals surface area contributed by atoms with E-state index in [9.17, 15) is 9.59 Å². The van der Waals surface area contributed by atoms with Gasteiger partial charge >= 0.3 is 5.97 Å². The van der Waals surface area contributed by atoms with Crippen LogP contribution in [0.3, 0.4) is 0 Å². The molecule has 0 saturated heterocycles. The highest BCUT2D eigenvalue weighted by molar-refractivity contribution is 7.18. The lowest BCUT2D eigenvalue weighted by Gasteiger charge is -1.99. The number of hydrogen-bond donors (Lipinski definition) is 0. The van der Waals surface area contributed by atoms with Crippen molar-refractivity contribution in [1.29, 1.82) is 0 Å². The Labute approximate surface area is 125 Å². The van der Waals surface area contributed by atoms with Crippen molar-refractivity contribution in [3.05, 3.63) is 62.8 Å². The van der Waals surface area contributed by atoms with Gasteiger partial charge in [-0.3, -0.25) is 4.79 Å². The molecule has 3 nitrogen and oxygen atoms in total. The van der Waals surface area contributed by atoms with E-state index >= 15 is 0 Å². The van der Waals surface area contributed by atoms with Crippen LogP contribution in [0.25, 0.3) is 6.08 Å². The van der Waals surface area contributed by atoms with Crippen molar-refractivity contribution >= 4 is 40.8 Å². The van der Waals surface area contributed by atoms with E-state index in [0.717, 1.165) is 5.56 Å². The maximum absolute atomic E-state index is 11.8. The summed E-state index contributed by atoms with van der Waals surface area (Å²) in [5, 5.41) is 0. The van der Waals surface area contributed by atoms with E-state index < -0.39 is 0 Å². The van der Waals surface area contributed by atoms with Gasteiger partial charge in [0, 0.05) is 0 Å². The number of carbonyl (C=O) groups is 2. The number of allylic oxidation sites excluding steroid dienone is 1. The Balaban J connectivity index is 2.08. The van der Waals surface area contributed by atoms with Crippen LogP contribution in [0.1, 0.15) is 25.6 Å². The van der Waals surface area contributed by atoms with Crippen LogP contribution in [-0.2, 0) is 4.74 Å². The molecule has 1 aromatic carbocycles. The second-order valence-electron chi connectivity index (χ2n) is 3.91. The lowest BCUT2D eigenvalue weighted by atomic mass is 10.1. The summed E-state index contributed by atoms with van der Waals surface area (Å²) in [7, 11) is 1.33. The lowest BCUT2D eigenvalue weighted by Crippen LogP contribution is -2.00. The van der Waals surface area contributed by atoms with Crippen molar-refractivity contribution in [3.8, 4) is 0 Å². The van der Waals surface area contributed by atoms with Crippen LogP contribution >= 0.6 is 22.9 Å². The van der Waals surface area contributed by atoms with Crippen LogP contribution in [0.5, 0.6) is 0 Å². The molecule has 0 fully saturated rings. The Morgan fingerprint density at radius 1 is 1.15 bits per heavy atom. The first-order valence-corrected chi connectivity index (χ1v) is 6.96. The molecule has 0 spiro atoms. The first-order valence-electron chi connectivity index (χ1n) is 5.76.